The van der Waals surface area contributed by atoms with Gasteiger partial charge in [0.25, 0.3) is 0 Å². The molecule has 2 N–H and O–H groups in total. The number of hydrogen-bond donors (Lipinski definition) is 2. The highest BCUT2D eigenvalue weighted by molar-refractivity contribution is 5.34. The smallest absolute Gasteiger partial charge is 0.133 e. The Kier molecular flexibility index (Phi) is 3.39. The lowest BCUT2D eigenvalue weighted by molar-refractivity contribution is 0.359. The van der Waals surface area contributed by atoms with Gasteiger partial charge in [-0.2, -0.15) is 0 Å². The second-order valence-corrected chi connectivity index (χ2v) is 4.28. The molecule has 4 heteroatoms. The summed E-state index contributed by atoms with van der Waals surface area (Å²) in [5, 5.41) is 12.7. The van der Waals surface area contributed by atoms with E-state index in [2.05, 4.69) is 5.32 Å². The molecule has 0 saturated carbocycles. The fourth-order valence-electron chi connectivity index (χ4n) is 2.17. The van der Waals surface area contributed by atoms with Crippen molar-refractivity contribution >= 4 is 0 Å². The van der Waals surface area contributed by atoms with Gasteiger partial charge >= 0.3 is 0 Å². The predicted molar refractivity (Wildman–Crippen MR) is 57.3 cm³/mol. The fourth-order valence-corrected chi connectivity index (χ4v) is 2.17. The Balaban J connectivity index is 2.14. The Hall–Kier alpha value is -1.16. The van der Waals surface area contributed by atoms with Crippen molar-refractivity contribution in [2.24, 2.45) is 5.92 Å². The molecule has 1 fully saturated rings. The van der Waals surface area contributed by atoms with Gasteiger partial charge in [0.15, 0.2) is 0 Å². The van der Waals surface area contributed by atoms with Gasteiger partial charge in [-0.05, 0) is 38.3 Å². The number of hydrogen-bond acceptors (Lipinski definition) is 2. The number of halogens is 2. The maximum absolute atomic E-state index is 13.5. The van der Waals surface area contributed by atoms with Crippen molar-refractivity contribution in [3.8, 4) is 5.75 Å². The molecular weight excluding hydrogens is 212 g/mol. The molecule has 1 heterocycles. The van der Waals surface area contributed by atoms with Crippen molar-refractivity contribution < 1.29 is 13.9 Å². The first-order valence-corrected chi connectivity index (χ1v) is 5.54. The number of piperidine rings is 1. The summed E-state index contributed by atoms with van der Waals surface area (Å²) < 4.78 is 26.2. The molecule has 0 amide bonds. The number of nitrogens with one attached hydrogen (secondary N) is 1. The standard InChI is InChI=1S/C12H15F2NO/c13-9-6-11(14)10(12(16)7-9)5-8-1-3-15-4-2-8/h6-8,15-16H,1-5H2. The maximum Gasteiger partial charge on any atom is 0.133 e. The van der Waals surface area contributed by atoms with Crippen molar-refractivity contribution in [1.82, 2.24) is 5.32 Å². The molecule has 2 rings (SSSR count). The van der Waals surface area contributed by atoms with Crippen LogP contribution in [0.1, 0.15) is 18.4 Å². The molecule has 0 atom stereocenters. The van der Waals surface area contributed by atoms with Crippen LogP contribution in [-0.2, 0) is 6.42 Å². The third-order valence-electron chi connectivity index (χ3n) is 3.09. The minimum absolute atomic E-state index is 0.244. The molecule has 2 nitrogen and oxygen atoms in total. The first-order valence-electron chi connectivity index (χ1n) is 5.54. The Bertz CT molecular complexity index is 352. The van der Waals surface area contributed by atoms with Crippen LogP contribution in [0, 0.1) is 17.6 Å². The highest BCUT2D eigenvalue weighted by Gasteiger charge is 2.18. The molecule has 1 aromatic rings. The average molecular weight is 227 g/mol. The Labute approximate surface area is 93.3 Å². The Morgan fingerprint density at radius 2 is 1.94 bits per heavy atom. The van der Waals surface area contributed by atoms with Crippen molar-refractivity contribution in [1.29, 1.82) is 0 Å². The summed E-state index contributed by atoms with van der Waals surface area (Å²) in [5.41, 5.74) is 0.244. The third-order valence-corrected chi connectivity index (χ3v) is 3.09. The number of phenolic OH excluding ortho intramolecular Hbond substituents is 1. The SMILES string of the molecule is Oc1cc(F)cc(F)c1CC1CCNCC1. The topological polar surface area (TPSA) is 32.3 Å². The van der Waals surface area contributed by atoms with Crippen LogP contribution in [0.4, 0.5) is 8.78 Å². The lowest BCUT2D eigenvalue weighted by Gasteiger charge is -2.23. The molecule has 1 aliphatic heterocycles. The second kappa shape index (κ2) is 4.78. The molecule has 1 saturated heterocycles. The van der Waals surface area contributed by atoms with E-state index in [0.29, 0.717) is 12.3 Å². The molecule has 0 unspecified atom stereocenters. The van der Waals surface area contributed by atoms with Gasteiger partial charge < -0.3 is 10.4 Å². The Morgan fingerprint density at radius 3 is 2.56 bits per heavy atom. The molecule has 0 aliphatic carbocycles. The lowest BCUT2D eigenvalue weighted by Crippen LogP contribution is -2.28. The zero-order valence-electron chi connectivity index (χ0n) is 8.97. The molecule has 0 spiro atoms. The van der Waals surface area contributed by atoms with Gasteiger partial charge in [0.2, 0.25) is 0 Å². The van der Waals surface area contributed by atoms with E-state index in [-0.39, 0.29) is 11.3 Å². The summed E-state index contributed by atoms with van der Waals surface area (Å²) in [6.45, 7) is 1.85. The number of rotatable bonds is 2. The Morgan fingerprint density at radius 1 is 1.25 bits per heavy atom. The van der Waals surface area contributed by atoms with Crippen molar-refractivity contribution in [2.75, 3.05) is 13.1 Å². The van der Waals surface area contributed by atoms with Gasteiger partial charge in [-0.15, -0.1) is 0 Å². The van der Waals surface area contributed by atoms with E-state index >= 15 is 0 Å². The highest BCUT2D eigenvalue weighted by Crippen LogP contribution is 2.27. The lowest BCUT2D eigenvalue weighted by atomic mass is 9.90. The average Bonchev–Trinajstić information content (AvgIpc) is 2.25. The van der Waals surface area contributed by atoms with Crippen molar-refractivity contribution in [3.05, 3.63) is 29.3 Å². The van der Waals surface area contributed by atoms with E-state index in [1.807, 2.05) is 0 Å². The monoisotopic (exact) mass is 227 g/mol. The van der Waals surface area contributed by atoms with Crippen LogP contribution in [0.25, 0.3) is 0 Å². The van der Waals surface area contributed by atoms with Crippen LogP contribution >= 0.6 is 0 Å². The van der Waals surface area contributed by atoms with Gasteiger partial charge in [-0.3, -0.25) is 0 Å². The van der Waals surface area contributed by atoms with Gasteiger partial charge in [0, 0.05) is 17.7 Å². The third kappa shape index (κ3) is 2.50. The van der Waals surface area contributed by atoms with Gasteiger partial charge in [0.05, 0.1) is 0 Å². The summed E-state index contributed by atoms with van der Waals surface area (Å²) in [6, 6.07) is 1.80. The van der Waals surface area contributed by atoms with Crippen molar-refractivity contribution in [3.63, 3.8) is 0 Å². The van der Waals surface area contributed by atoms with E-state index in [1.54, 1.807) is 0 Å². The largest absolute Gasteiger partial charge is 0.507 e. The zero-order chi connectivity index (χ0) is 11.5. The van der Waals surface area contributed by atoms with Gasteiger partial charge in [0.1, 0.15) is 17.4 Å². The van der Waals surface area contributed by atoms with E-state index in [4.69, 9.17) is 0 Å². The summed E-state index contributed by atoms with van der Waals surface area (Å²) in [5.74, 6) is -1.27. The zero-order valence-corrected chi connectivity index (χ0v) is 8.97. The second-order valence-electron chi connectivity index (χ2n) is 4.28. The molecule has 0 aromatic heterocycles. The quantitative estimate of drug-likeness (QED) is 0.812. The summed E-state index contributed by atoms with van der Waals surface area (Å²) >= 11 is 0. The van der Waals surface area contributed by atoms with Crippen LogP contribution in [0.3, 0.4) is 0 Å². The normalized spacial score (nSPS) is 17.6. The van der Waals surface area contributed by atoms with E-state index in [0.717, 1.165) is 38.1 Å². The molecule has 0 radical (unpaired) electrons. The summed E-state index contributed by atoms with van der Waals surface area (Å²) in [4.78, 5) is 0. The van der Waals surface area contributed by atoms with E-state index < -0.39 is 11.6 Å². The predicted octanol–water partition coefficient (Wildman–Crippen LogP) is 2.21. The number of aromatic hydroxyl groups is 1. The number of phenols is 1. The minimum atomic E-state index is -0.732. The minimum Gasteiger partial charge on any atom is -0.507 e. The van der Waals surface area contributed by atoms with Crippen LogP contribution < -0.4 is 5.32 Å². The first-order chi connectivity index (χ1) is 7.66. The molecular formula is C12H15F2NO. The van der Waals surface area contributed by atoms with Crippen LogP contribution in [0.2, 0.25) is 0 Å². The molecule has 88 valence electrons. The molecule has 0 bridgehead atoms. The molecule has 16 heavy (non-hydrogen) atoms. The van der Waals surface area contributed by atoms with Crippen molar-refractivity contribution in [2.45, 2.75) is 19.3 Å². The van der Waals surface area contributed by atoms with Crippen LogP contribution in [0.5, 0.6) is 5.75 Å². The molecule has 1 aromatic carbocycles. The summed E-state index contributed by atoms with van der Waals surface area (Å²) in [6.07, 6.45) is 2.42. The van der Waals surface area contributed by atoms with Crippen LogP contribution in [0.15, 0.2) is 12.1 Å². The highest BCUT2D eigenvalue weighted by atomic mass is 19.1. The molecule has 1 aliphatic rings. The maximum atomic E-state index is 13.5. The number of benzene rings is 1. The van der Waals surface area contributed by atoms with E-state index in [9.17, 15) is 13.9 Å². The van der Waals surface area contributed by atoms with Gasteiger partial charge in [-0.1, -0.05) is 0 Å². The van der Waals surface area contributed by atoms with Crippen LogP contribution in [-0.4, -0.2) is 18.2 Å². The fraction of sp³-hybridized carbons (Fsp3) is 0.500. The summed E-state index contributed by atoms with van der Waals surface area (Å²) in [7, 11) is 0. The van der Waals surface area contributed by atoms with E-state index in [1.165, 1.54) is 0 Å². The first kappa shape index (κ1) is 11.3. The van der Waals surface area contributed by atoms with Gasteiger partial charge in [-0.25, -0.2) is 8.78 Å².